The smallest absolute Gasteiger partial charge is 0.269 e. The number of carbonyl (C=O) groups excluding carboxylic acids is 6. The maximum atomic E-state index is 13.1. The lowest BCUT2D eigenvalue weighted by molar-refractivity contribution is -0.125. The lowest BCUT2D eigenvalue weighted by atomic mass is 10.2. The number of thioether (sulfide) groups is 2. The molecule has 44 heavy (non-hydrogen) atoms. The van der Waals surface area contributed by atoms with Crippen molar-refractivity contribution in [3.8, 4) is 0 Å². The van der Waals surface area contributed by atoms with Crippen molar-refractivity contribution in [1.29, 1.82) is 0 Å². The normalized spacial score (nSPS) is 16.3. The van der Waals surface area contributed by atoms with Crippen molar-refractivity contribution in [2.75, 3.05) is 13.1 Å². The van der Waals surface area contributed by atoms with Gasteiger partial charge in [0.2, 0.25) is 11.8 Å². The fourth-order valence-corrected chi connectivity index (χ4v) is 6.72. The molecule has 0 unspecified atom stereocenters. The second kappa shape index (κ2) is 15.6. The minimum atomic E-state index is -0.455. The van der Waals surface area contributed by atoms with Gasteiger partial charge in [0.05, 0.1) is 9.81 Å². The zero-order valence-electron chi connectivity index (χ0n) is 23.0. The molecular formula is C28H26N6O6S4. The topological polar surface area (TPSA) is 157 Å². The van der Waals surface area contributed by atoms with Crippen LogP contribution in [0.5, 0.6) is 0 Å². The largest absolute Gasteiger partial charge is 0.293 e. The predicted molar refractivity (Wildman–Crippen MR) is 173 cm³/mol. The molecule has 6 amide bonds. The number of rotatable bonds is 10. The molecule has 2 heterocycles. The van der Waals surface area contributed by atoms with Crippen LogP contribution in [0.25, 0.3) is 0 Å². The van der Waals surface area contributed by atoms with Crippen molar-refractivity contribution in [3.63, 3.8) is 0 Å². The molecule has 2 aromatic carbocycles. The molecule has 2 saturated heterocycles. The first-order valence-corrected chi connectivity index (χ1v) is 15.7. The van der Waals surface area contributed by atoms with Gasteiger partial charge in [-0.1, -0.05) is 84.4 Å². The number of benzene rings is 2. The molecule has 16 heteroatoms. The van der Waals surface area contributed by atoms with Gasteiger partial charge >= 0.3 is 0 Å². The van der Waals surface area contributed by atoms with E-state index in [4.69, 9.17) is 24.4 Å². The van der Waals surface area contributed by atoms with E-state index in [-0.39, 0.29) is 57.2 Å². The molecule has 2 aliphatic heterocycles. The van der Waals surface area contributed by atoms with Crippen LogP contribution in [0.2, 0.25) is 0 Å². The summed E-state index contributed by atoms with van der Waals surface area (Å²) in [6, 6.07) is 16.8. The van der Waals surface area contributed by atoms with Crippen molar-refractivity contribution in [2.45, 2.75) is 25.7 Å². The summed E-state index contributed by atoms with van der Waals surface area (Å²) >= 11 is 12.7. The molecule has 228 valence electrons. The second-order valence-corrected chi connectivity index (χ2v) is 12.5. The summed E-state index contributed by atoms with van der Waals surface area (Å²) in [4.78, 5) is 77.7. The van der Waals surface area contributed by atoms with Crippen molar-refractivity contribution in [2.24, 2.45) is 0 Å². The number of nitrogens with zero attached hydrogens (tertiary/aromatic N) is 2. The Bertz CT molecular complexity index is 1420. The van der Waals surface area contributed by atoms with Gasteiger partial charge in [-0.2, -0.15) is 0 Å². The van der Waals surface area contributed by atoms with Crippen LogP contribution >= 0.6 is 48.0 Å². The molecule has 2 aliphatic rings. The molecule has 0 radical (unpaired) electrons. The van der Waals surface area contributed by atoms with Crippen molar-refractivity contribution < 1.29 is 28.8 Å². The fraction of sp³-hybridized carbons (Fsp3) is 0.214. The number of hydrogen-bond acceptors (Lipinski definition) is 10. The van der Waals surface area contributed by atoms with Crippen LogP contribution in [0.15, 0.2) is 70.5 Å². The fourth-order valence-electron chi connectivity index (χ4n) is 3.95. The molecule has 0 bridgehead atoms. The molecule has 2 aromatic rings. The van der Waals surface area contributed by atoms with Crippen LogP contribution in [-0.4, -0.2) is 67.0 Å². The minimum Gasteiger partial charge on any atom is -0.293 e. The first-order chi connectivity index (χ1) is 21.2. The van der Waals surface area contributed by atoms with Gasteiger partial charge in [-0.05, 0) is 37.1 Å². The van der Waals surface area contributed by atoms with E-state index in [0.717, 1.165) is 23.5 Å². The van der Waals surface area contributed by atoms with Crippen LogP contribution in [0.4, 0.5) is 0 Å². The Morgan fingerprint density at radius 1 is 0.591 bits per heavy atom. The van der Waals surface area contributed by atoms with E-state index in [1.807, 2.05) is 0 Å². The van der Waals surface area contributed by atoms with Gasteiger partial charge in [0.1, 0.15) is 8.64 Å². The molecule has 2 fully saturated rings. The van der Waals surface area contributed by atoms with E-state index >= 15 is 0 Å². The minimum absolute atomic E-state index is 0.0209. The summed E-state index contributed by atoms with van der Waals surface area (Å²) in [5, 5.41) is 0. The van der Waals surface area contributed by atoms with E-state index in [2.05, 4.69) is 21.7 Å². The Hall–Kier alpha value is -4.12. The van der Waals surface area contributed by atoms with Crippen LogP contribution < -0.4 is 21.7 Å². The molecule has 0 saturated carbocycles. The zero-order valence-corrected chi connectivity index (χ0v) is 26.3. The highest BCUT2D eigenvalue weighted by molar-refractivity contribution is 8.29. The summed E-state index contributed by atoms with van der Waals surface area (Å²) in [7, 11) is 0. The maximum Gasteiger partial charge on any atom is 0.269 e. The first kappa shape index (κ1) is 32.8. The summed E-state index contributed by atoms with van der Waals surface area (Å²) in [6.45, 7) is 0.287. The number of hydrazine groups is 2. The lowest BCUT2D eigenvalue weighted by Gasteiger charge is -2.15. The van der Waals surface area contributed by atoms with Gasteiger partial charge in [-0.15, -0.1) is 0 Å². The third-order valence-electron chi connectivity index (χ3n) is 6.18. The van der Waals surface area contributed by atoms with E-state index in [1.54, 1.807) is 60.7 Å². The van der Waals surface area contributed by atoms with Crippen LogP contribution in [0.1, 0.15) is 46.4 Å². The number of thiocarbonyl (C=S) groups is 2. The van der Waals surface area contributed by atoms with E-state index < -0.39 is 35.4 Å². The van der Waals surface area contributed by atoms with Crippen LogP contribution in [0.3, 0.4) is 0 Å². The number of carbonyl (C=O) groups is 6. The lowest BCUT2D eigenvalue weighted by Crippen LogP contribution is -2.42. The van der Waals surface area contributed by atoms with Gasteiger partial charge in [-0.3, -0.25) is 60.3 Å². The molecule has 12 nitrogen and oxygen atoms in total. The molecule has 4 rings (SSSR count). The predicted octanol–water partition coefficient (Wildman–Crippen LogP) is 2.40. The Kier molecular flexibility index (Phi) is 11.6. The number of hydrogen-bond donors (Lipinski definition) is 4. The zero-order chi connectivity index (χ0) is 31.6. The van der Waals surface area contributed by atoms with Gasteiger partial charge < -0.3 is 0 Å². The van der Waals surface area contributed by atoms with Gasteiger partial charge in [0.25, 0.3) is 23.6 Å². The number of amides is 6. The molecule has 0 aliphatic carbocycles. The van der Waals surface area contributed by atoms with Crippen LogP contribution in [-0.2, 0) is 19.2 Å². The average molecular weight is 671 g/mol. The third-order valence-corrected chi connectivity index (χ3v) is 9.20. The van der Waals surface area contributed by atoms with Gasteiger partial charge in [0.15, 0.2) is 0 Å². The highest BCUT2D eigenvalue weighted by Crippen LogP contribution is 2.42. The monoisotopic (exact) mass is 670 g/mol. The molecule has 0 spiro atoms. The Morgan fingerprint density at radius 3 is 1.32 bits per heavy atom. The summed E-state index contributed by atoms with van der Waals surface area (Å²) in [6.07, 6.45) is 0.573. The van der Waals surface area contributed by atoms with Gasteiger partial charge in [0, 0.05) is 37.1 Å². The van der Waals surface area contributed by atoms with Gasteiger partial charge in [-0.25, -0.2) is 0 Å². The molecular weight excluding hydrogens is 645 g/mol. The molecule has 0 aromatic heterocycles. The average Bonchev–Trinajstić information content (AvgIpc) is 3.47. The highest BCUT2D eigenvalue weighted by Gasteiger charge is 2.41. The first-order valence-electron chi connectivity index (χ1n) is 13.3. The van der Waals surface area contributed by atoms with E-state index in [9.17, 15) is 28.8 Å². The van der Waals surface area contributed by atoms with Crippen LogP contribution in [0, 0.1) is 0 Å². The van der Waals surface area contributed by atoms with E-state index in [1.165, 1.54) is 9.80 Å². The Balaban J connectivity index is 1.21. The number of nitrogens with one attached hydrogen (secondary N) is 4. The maximum absolute atomic E-state index is 13.1. The summed E-state index contributed by atoms with van der Waals surface area (Å²) in [5.74, 6) is -2.69. The molecule has 4 N–H and O–H groups in total. The standard InChI is InChI=1S/C28H26N6O6S4/c35-19(29-31-23(37)17-9-3-1-4-10-17)13-7-15-33-25(39)21(43-27(33)41)22-26(40)34(28(42)44-22)16-8-14-20(36)30-32-24(38)18-11-5-2-6-12-18/h1-6,9-12H,7-8,13-16H2,(H,29,35)(H,30,36)(H,31,37)(H,32,38)/b22-21+. The SMILES string of the molecule is O=C(CCCN1C(=O)/C(=C2\SC(=S)N(CCCC(=O)NNC(=O)c3ccccc3)C2=O)SC1=S)NNC(=O)c1ccccc1. The second-order valence-electron chi connectivity index (χ2n) is 9.25. The highest BCUT2D eigenvalue weighted by atomic mass is 32.2. The Morgan fingerprint density at radius 2 is 0.955 bits per heavy atom. The quantitative estimate of drug-likeness (QED) is 0.168. The Labute approximate surface area is 271 Å². The van der Waals surface area contributed by atoms with E-state index in [0.29, 0.717) is 11.1 Å². The molecule has 0 atom stereocenters. The third kappa shape index (κ3) is 8.49. The van der Waals surface area contributed by atoms with Crippen molar-refractivity contribution >= 4 is 92.0 Å². The van der Waals surface area contributed by atoms with Crippen molar-refractivity contribution in [3.05, 3.63) is 81.6 Å². The van der Waals surface area contributed by atoms with Crippen molar-refractivity contribution in [1.82, 2.24) is 31.5 Å². The summed E-state index contributed by atoms with van der Waals surface area (Å²) < 4.78 is 0.504. The summed E-state index contributed by atoms with van der Waals surface area (Å²) in [5.41, 5.74) is 10.1.